The number of hydrogen-bond donors (Lipinski definition) is 2. The third-order valence-electron chi connectivity index (χ3n) is 4.71. The molecule has 8 heteroatoms. The molecular formula is C21H24ClN2O5+. The molecule has 154 valence electrons. The maximum atomic E-state index is 12.8. The van der Waals surface area contributed by atoms with Crippen LogP contribution in [0.4, 0.5) is 0 Å². The first-order chi connectivity index (χ1) is 13.8. The van der Waals surface area contributed by atoms with E-state index in [-0.39, 0.29) is 11.3 Å². The van der Waals surface area contributed by atoms with Crippen LogP contribution in [0, 0.1) is 0 Å². The number of ether oxygens (including phenoxy) is 1. The molecule has 2 heterocycles. The highest BCUT2D eigenvalue weighted by atomic mass is 35.5. The minimum Gasteiger partial charge on any atom is -0.507 e. The third-order valence-corrected chi connectivity index (χ3v) is 5.01. The van der Waals surface area contributed by atoms with Gasteiger partial charge in [-0.2, -0.15) is 0 Å². The summed E-state index contributed by atoms with van der Waals surface area (Å²) in [5.41, 5.74) is 0.310. The second kappa shape index (κ2) is 8.71. The summed E-state index contributed by atoms with van der Waals surface area (Å²) in [6.45, 7) is 3.27. The number of likely N-dealkylation sites (tertiary alicyclic amines) is 1. The molecule has 1 aromatic carbocycles. The van der Waals surface area contributed by atoms with Crippen LogP contribution < -0.4 is 9.64 Å². The number of quaternary nitrogens is 1. The van der Waals surface area contributed by atoms with Crippen molar-refractivity contribution in [1.82, 2.24) is 4.90 Å². The van der Waals surface area contributed by atoms with Crippen LogP contribution in [0.2, 0.25) is 5.02 Å². The average molecular weight is 420 g/mol. The van der Waals surface area contributed by atoms with Gasteiger partial charge in [-0.15, -0.1) is 0 Å². The highest BCUT2D eigenvalue weighted by molar-refractivity contribution is 6.46. The van der Waals surface area contributed by atoms with Crippen LogP contribution in [0.25, 0.3) is 5.76 Å². The molecule has 3 rings (SSSR count). The lowest BCUT2D eigenvalue weighted by Gasteiger charge is -2.23. The lowest BCUT2D eigenvalue weighted by molar-refractivity contribution is -0.857. The molecule has 1 aliphatic heterocycles. The van der Waals surface area contributed by atoms with Gasteiger partial charge in [0.05, 0.1) is 50.7 Å². The third kappa shape index (κ3) is 4.16. The standard InChI is InChI=1S/C21H23ClN2O5/c1-4-28-15-8-7-13(12-14(15)22)19(25)17-18(16-6-5-11-29-16)24(10-9-23(2)3)21(27)20(17)26/h5-8,11-12,18,25H,4,9-10H2,1-3H3/p+1/t18-/m0/s1. The zero-order valence-electron chi connectivity index (χ0n) is 16.6. The number of ketones is 1. The van der Waals surface area contributed by atoms with Gasteiger partial charge in [0, 0.05) is 5.56 Å². The summed E-state index contributed by atoms with van der Waals surface area (Å²) in [6, 6.07) is 7.30. The minimum atomic E-state index is -0.797. The monoisotopic (exact) mass is 419 g/mol. The first-order valence-electron chi connectivity index (χ1n) is 9.38. The Morgan fingerprint density at radius 1 is 1.31 bits per heavy atom. The first-order valence-corrected chi connectivity index (χ1v) is 9.76. The van der Waals surface area contributed by atoms with Gasteiger partial charge in [0.2, 0.25) is 0 Å². The summed E-state index contributed by atoms with van der Waals surface area (Å²) in [5.74, 6) is -0.817. The molecule has 2 aromatic rings. The van der Waals surface area contributed by atoms with E-state index in [1.54, 1.807) is 24.3 Å². The molecule has 0 saturated carbocycles. The molecule has 1 fully saturated rings. The van der Waals surface area contributed by atoms with E-state index in [1.165, 1.54) is 17.2 Å². The van der Waals surface area contributed by atoms with E-state index in [0.717, 1.165) is 4.90 Å². The number of hydrogen-bond acceptors (Lipinski definition) is 5. The van der Waals surface area contributed by atoms with E-state index < -0.39 is 17.7 Å². The van der Waals surface area contributed by atoms with Crippen molar-refractivity contribution in [3.05, 3.63) is 58.5 Å². The number of halogens is 1. The SMILES string of the molecule is CCOc1ccc(C(O)=C2C(=O)C(=O)N(CC[NH+](C)C)[C@H]2c2ccco2)cc1Cl. The number of aliphatic hydroxyl groups is 1. The largest absolute Gasteiger partial charge is 0.507 e. The van der Waals surface area contributed by atoms with E-state index in [4.69, 9.17) is 20.8 Å². The molecule has 0 unspecified atom stereocenters. The fourth-order valence-electron chi connectivity index (χ4n) is 3.27. The van der Waals surface area contributed by atoms with E-state index in [1.807, 2.05) is 21.0 Å². The lowest BCUT2D eigenvalue weighted by atomic mass is 9.99. The maximum absolute atomic E-state index is 12.8. The van der Waals surface area contributed by atoms with Crippen LogP contribution in [0.5, 0.6) is 5.75 Å². The van der Waals surface area contributed by atoms with Crippen LogP contribution in [-0.2, 0) is 9.59 Å². The quantitative estimate of drug-likeness (QED) is 0.407. The van der Waals surface area contributed by atoms with Crippen molar-refractivity contribution in [2.75, 3.05) is 33.8 Å². The van der Waals surface area contributed by atoms with Gasteiger partial charge in [-0.25, -0.2) is 0 Å². The number of benzene rings is 1. The normalized spacial score (nSPS) is 18.7. The Kier molecular flexibility index (Phi) is 6.30. The number of carbonyl (C=O) groups is 2. The van der Waals surface area contributed by atoms with E-state index >= 15 is 0 Å². The Hall–Kier alpha value is -2.77. The van der Waals surface area contributed by atoms with Crippen molar-refractivity contribution in [2.24, 2.45) is 0 Å². The van der Waals surface area contributed by atoms with Crippen molar-refractivity contribution in [3.8, 4) is 5.75 Å². The molecule has 1 saturated heterocycles. The van der Waals surface area contributed by atoms with Crippen LogP contribution in [0.3, 0.4) is 0 Å². The zero-order valence-corrected chi connectivity index (χ0v) is 17.3. The number of nitrogens with zero attached hydrogens (tertiary/aromatic N) is 1. The van der Waals surface area contributed by atoms with Gasteiger partial charge in [-0.3, -0.25) is 9.59 Å². The number of amides is 1. The van der Waals surface area contributed by atoms with Gasteiger partial charge in [-0.1, -0.05) is 11.6 Å². The Labute approximate surface area is 174 Å². The number of Topliss-reactive ketones (excluding diaryl/α,β-unsaturated/α-hetero) is 1. The molecule has 1 amide bonds. The predicted octanol–water partition coefficient (Wildman–Crippen LogP) is 1.90. The first kappa shape index (κ1) is 21.0. The summed E-state index contributed by atoms with van der Waals surface area (Å²) < 4.78 is 10.9. The number of aliphatic hydroxyl groups excluding tert-OH is 1. The highest BCUT2D eigenvalue weighted by Gasteiger charge is 2.47. The lowest BCUT2D eigenvalue weighted by Crippen LogP contribution is -3.06. The Morgan fingerprint density at radius 3 is 2.66 bits per heavy atom. The molecular weight excluding hydrogens is 396 g/mol. The van der Waals surface area contributed by atoms with Gasteiger partial charge >= 0.3 is 0 Å². The van der Waals surface area contributed by atoms with Gasteiger partial charge in [-0.05, 0) is 37.3 Å². The van der Waals surface area contributed by atoms with Crippen LogP contribution in [0.15, 0.2) is 46.6 Å². The molecule has 29 heavy (non-hydrogen) atoms. The Balaban J connectivity index is 2.08. The van der Waals surface area contributed by atoms with E-state index in [2.05, 4.69) is 0 Å². The van der Waals surface area contributed by atoms with Crippen LogP contribution in [0.1, 0.15) is 24.3 Å². The number of nitrogens with one attached hydrogen (secondary N) is 1. The summed E-state index contributed by atoms with van der Waals surface area (Å²) >= 11 is 6.23. The second-order valence-electron chi connectivity index (χ2n) is 7.04. The molecule has 1 aromatic heterocycles. The Morgan fingerprint density at radius 2 is 2.07 bits per heavy atom. The summed E-state index contributed by atoms with van der Waals surface area (Å²) in [5, 5.41) is 11.3. The molecule has 1 atom stereocenters. The molecule has 2 N–H and O–H groups in total. The highest BCUT2D eigenvalue weighted by Crippen LogP contribution is 2.40. The molecule has 1 aliphatic rings. The average Bonchev–Trinajstić information content (AvgIpc) is 3.29. The zero-order chi connectivity index (χ0) is 21.1. The number of furan rings is 1. The smallest absolute Gasteiger partial charge is 0.295 e. The summed E-state index contributed by atoms with van der Waals surface area (Å²) in [7, 11) is 3.92. The number of rotatable bonds is 7. The van der Waals surface area contributed by atoms with Gasteiger partial charge in [0.15, 0.2) is 0 Å². The second-order valence-corrected chi connectivity index (χ2v) is 7.45. The number of likely N-dealkylation sites (N-methyl/N-ethyl adjacent to an activating group) is 1. The van der Waals surface area contributed by atoms with Crippen LogP contribution >= 0.6 is 11.6 Å². The molecule has 0 radical (unpaired) electrons. The Bertz CT molecular complexity index is 937. The van der Waals surface area contributed by atoms with E-state index in [9.17, 15) is 14.7 Å². The van der Waals surface area contributed by atoms with Gasteiger partial charge < -0.3 is 24.1 Å². The van der Waals surface area contributed by atoms with Crippen molar-refractivity contribution in [1.29, 1.82) is 0 Å². The van der Waals surface area contributed by atoms with Crippen molar-refractivity contribution >= 4 is 29.1 Å². The summed E-state index contributed by atoms with van der Waals surface area (Å²) in [4.78, 5) is 28.1. The van der Waals surface area contributed by atoms with E-state index in [0.29, 0.717) is 41.8 Å². The molecule has 0 aliphatic carbocycles. The predicted molar refractivity (Wildman–Crippen MR) is 108 cm³/mol. The van der Waals surface area contributed by atoms with Gasteiger partial charge in [0.25, 0.3) is 11.7 Å². The molecule has 0 bridgehead atoms. The van der Waals surface area contributed by atoms with Crippen LogP contribution in [-0.4, -0.2) is 55.5 Å². The molecule has 7 nitrogen and oxygen atoms in total. The topological polar surface area (TPSA) is 84.4 Å². The minimum absolute atomic E-state index is 0.0149. The fraction of sp³-hybridized carbons (Fsp3) is 0.333. The maximum Gasteiger partial charge on any atom is 0.295 e. The van der Waals surface area contributed by atoms with Crippen molar-refractivity contribution in [3.63, 3.8) is 0 Å². The van der Waals surface area contributed by atoms with Crippen molar-refractivity contribution < 1.29 is 28.7 Å². The molecule has 0 spiro atoms. The fourth-order valence-corrected chi connectivity index (χ4v) is 3.51. The number of carbonyl (C=O) groups excluding carboxylic acids is 2. The summed E-state index contributed by atoms with van der Waals surface area (Å²) in [6.07, 6.45) is 1.47. The van der Waals surface area contributed by atoms with Crippen molar-refractivity contribution in [2.45, 2.75) is 13.0 Å². The van der Waals surface area contributed by atoms with Gasteiger partial charge in [0.1, 0.15) is 23.3 Å².